The van der Waals surface area contributed by atoms with E-state index >= 15 is 0 Å². The van der Waals surface area contributed by atoms with Crippen LogP contribution in [0.4, 0.5) is 0 Å². The van der Waals surface area contributed by atoms with Gasteiger partial charge in [-0.3, -0.25) is 0 Å². The molecular formula is H5AlCoMg2MnO. The van der Waals surface area contributed by atoms with Gasteiger partial charge in [0.1, 0.15) is 0 Å². The van der Waals surface area contributed by atoms with E-state index in [4.69, 9.17) is 3.80 Å². The second-order valence-corrected chi connectivity index (χ2v) is 0. The van der Waals surface area contributed by atoms with E-state index in [1.807, 2.05) is 0 Å². The summed E-state index contributed by atoms with van der Waals surface area (Å²) in [5, 5.41) is 0. The molecule has 6 heteroatoms. The van der Waals surface area contributed by atoms with Crippen LogP contribution >= 0.6 is 0 Å². The zero-order valence-corrected chi connectivity index (χ0v) is 9.70. The zero-order valence-electron chi connectivity index (χ0n) is 7.24. The molecule has 0 aliphatic carbocycles. The first-order valence-electron chi connectivity index (χ1n) is 0.289. The molecule has 0 aromatic heterocycles. The van der Waals surface area contributed by atoms with E-state index in [9.17, 15) is 0 Å². The van der Waals surface area contributed by atoms with E-state index in [0.29, 0.717) is 16.2 Å². The Labute approximate surface area is 104 Å². The van der Waals surface area contributed by atoms with Gasteiger partial charge in [-0.15, -0.1) is 0 Å². The van der Waals surface area contributed by atoms with Crippen LogP contribution in [0.25, 0.3) is 0 Å². The van der Waals surface area contributed by atoms with Gasteiger partial charge in [0, 0.05) is 33.8 Å². The van der Waals surface area contributed by atoms with E-state index in [0.717, 1.165) is 0 Å². The van der Waals surface area contributed by atoms with Crippen LogP contribution in [0.5, 0.6) is 0 Å². The number of hydrogen-bond donors (Lipinski definition) is 0. The van der Waals surface area contributed by atoms with Crippen LogP contribution in [-0.2, 0) is 37.7 Å². The maximum atomic E-state index is 8.28. The van der Waals surface area contributed by atoms with Crippen LogP contribution in [0.3, 0.4) is 0 Å². The van der Waals surface area contributed by atoms with Gasteiger partial charge in [-0.05, 0) is 0 Å². The van der Waals surface area contributed by atoms with E-state index in [1.165, 1.54) is 0 Å². The van der Waals surface area contributed by atoms with Crippen LogP contribution in [0.2, 0.25) is 0 Å². The Bertz CT molecular complexity index is 23.2. The predicted molar refractivity (Wildman–Crippen MR) is 23.8 cm³/mol. The third kappa shape index (κ3) is 28.6. The van der Waals surface area contributed by atoms with Crippen LogP contribution in [0.15, 0.2) is 0 Å². The van der Waals surface area contributed by atoms with Crippen molar-refractivity contribution in [1.29, 1.82) is 0 Å². The molecule has 0 fully saturated rings. The molecule has 0 saturated carbocycles. The van der Waals surface area contributed by atoms with Crippen molar-refractivity contribution in [3.8, 4) is 0 Å². The Morgan fingerprint density at radius 1 is 1.17 bits per heavy atom. The quantitative estimate of drug-likeness (QED) is 0.465. The Kier molecular flexibility index (Phi) is 273. The summed E-state index contributed by atoms with van der Waals surface area (Å²) < 4.78 is 8.28. The SMILES string of the molecule is [Co].[H-].[H-].[H-].[H-].[Mg+2].[Mg+2].[Mn].[O]=[AlH]. The summed E-state index contributed by atoms with van der Waals surface area (Å²) in [5.74, 6) is 0. The summed E-state index contributed by atoms with van der Waals surface area (Å²) in [6.07, 6.45) is 0. The van der Waals surface area contributed by atoms with E-state index in [1.54, 1.807) is 0 Å². The fourth-order valence-electron chi connectivity index (χ4n) is 0. The van der Waals surface area contributed by atoms with Crippen LogP contribution in [0.1, 0.15) is 5.71 Å². The van der Waals surface area contributed by atoms with Crippen molar-refractivity contribution < 1.29 is 43.4 Å². The fraction of sp³-hybridized carbons (Fsp3) is 0. The molecule has 0 saturated heterocycles. The number of rotatable bonds is 0. The molecule has 6 heavy (non-hydrogen) atoms. The maximum absolute atomic E-state index is 8.28. The van der Waals surface area contributed by atoms with Gasteiger partial charge in [0.15, 0.2) is 0 Å². The van der Waals surface area contributed by atoms with Gasteiger partial charge in [-0.2, -0.15) is 0 Å². The van der Waals surface area contributed by atoms with Crippen molar-refractivity contribution in [3.05, 3.63) is 0 Å². The van der Waals surface area contributed by atoms with E-state index in [-0.39, 0.29) is 85.7 Å². The predicted octanol–water partition coefficient (Wildman–Crippen LogP) is -1.08. The van der Waals surface area contributed by atoms with Gasteiger partial charge < -0.3 is 5.71 Å². The molecule has 0 aliphatic heterocycles. The summed E-state index contributed by atoms with van der Waals surface area (Å²) in [5.41, 5.74) is 0. The minimum atomic E-state index is 0. The molecule has 0 amide bonds. The van der Waals surface area contributed by atoms with Crippen molar-refractivity contribution in [2.75, 3.05) is 0 Å². The molecule has 0 aromatic rings. The van der Waals surface area contributed by atoms with Crippen LogP contribution < -0.4 is 0 Å². The van der Waals surface area contributed by atoms with Gasteiger partial charge in [0.25, 0.3) is 0 Å². The summed E-state index contributed by atoms with van der Waals surface area (Å²) in [6.45, 7) is 0. The molecule has 0 aliphatic rings. The van der Waals surface area contributed by atoms with Gasteiger partial charge >= 0.3 is 66.1 Å². The van der Waals surface area contributed by atoms with E-state index < -0.39 is 0 Å². The molecule has 0 atom stereocenters. The molecule has 2 radical (unpaired) electrons. The summed E-state index contributed by atoms with van der Waals surface area (Å²) in [6, 6.07) is 0. The average molecular weight is 211 g/mol. The topological polar surface area (TPSA) is 17.1 Å². The first-order chi connectivity index (χ1) is 1.00. The van der Waals surface area contributed by atoms with Crippen molar-refractivity contribution >= 4 is 62.3 Å². The Morgan fingerprint density at radius 3 is 1.17 bits per heavy atom. The summed E-state index contributed by atoms with van der Waals surface area (Å²) in [4.78, 5) is 0. The van der Waals surface area contributed by atoms with Crippen molar-refractivity contribution in [2.24, 2.45) is 0 Å². The molecule has 1 nitrogen and oxygen atoms in total. The molecule has 0 aromatic carbocycles. The molecule has 0 spiro atoms. The van der Waals surface area contributed by atoms with Gasteiger partial charge in [-0.25, -0.2) is 0 Å². The Hall–Kier alpha value is 2.89. The standard InChI is InChI=1S/Al.Co.2Mg.Mn.O.5H/q;;2*+2;;;;4*-1. The molecule has 0 rings (SSSR count). The normalized spacial score (nSPS) is 0.500. The minimum absolute atomic E-state index is 0. The first-order valence-corrected chi connectivity index (χ1v) is 0.866. The van der Waals surface area contributed by atoms with Crippen molar-refractivity contribution in [2.45, 2.75) is 0 Å². The van der Waals surface area contributed by atoms with Crippen LogP contribution in [0, 0.1) is 0 Å². The van der Waals surface area contributed by atoms with Gasteiger partial charge in [0.05, 0.1) is 0 Å². The molecule has 0 N–H and O–H groups in total. The third-order valence-electron chi connectivity index (χ3n) is 0. The average Bonchev–Trinajstić information content (AvgIpc) is 1.00. The molecular weight excluding hydrogens is 205 g/mol. The third-order valence-corrected chi connectivity index (χ3v) is 0. The van der Waals surface area contributed by atoms with Gasteiger partial charge in [0.2, 0.25) is 0 Å². The van der Waals surface area contributed by atoms with Gasteiger partial charge in [-0.1, -0.05) is 0 Å². The second-order valence-electron chi connectivity index (χ2n) is 0. The van der Waals surface area contributed by atoms with Crippen LogP contribution in [-0.4, -0.2) is 62.3 Å². The van der Waals surface area contributed by atoms with E-state index in [2.05, 4.69) is 0 Å². The fourth-order valence-corrected chi connectivity index (χ4v) is 0. The monoisotopic (exact) mass is 210 g/mol. The zero-order chi connectivity index (χ0) is 2.00. The molecule has 34 valence electrons. The molecule has 0 bridgehead atoms. The Balaban J connectivity index is -0.000000000179. The molecule has 0 heterocycles. The Morgan fingerprint density at radius 2 is 1.17 bits per heavy atom. The molecule has 0 unspecified atom stereocenters. The number of hydrogen-bond acceptors (Lipinski definition) is 1. The van der Waals surface area contributed by atoms with Crippen molar-refractivity contribution in [1.82, 2.24) is 0 Å². The summed E-state index contributed by atoms with van der Waals surface area (Å²) >= 11 is 0.611. The summed E-state index contributed by atoms with van der Waals surface area (Å²) in [7, 11) is 0. The first kappa shape index (κ1) is 36.6. The van der Waals surface area contributed by atoms with Crippen molar-refractivity contribution in [3.63, 3.8) is 0 Å². The second kappa shape index (κ2) is 44.8.